The first-order valence-corrected chi connectivity index (χ1v) is 6.89. The quantitative estimate of drug-likeness (QED) is 0.759. The van der Waals surface area contributed by atoms with Gasteiger partial charge in [0, 0.05) is 18.7 Å². The fourth-order valence-electron chi connectivity index (χ4n) is 2.87. The van der Waals surface area contributed by atoms with Crippen LogP contribution in [0, 0.1) is 0 Å². The lowest BCUT2D eigenvalue weighted by atomic mass is 10.1. The molecule has 0 saturated carbocycles. The van der Waals surface area contributed by atoms with Crippen LogP contribution in [0.5, 0.6) is 0 Å². The zero-order valence-electron chi connectivity index (χ0n) is 11.2. The van der Waals surface area contributed by atoms with Crippen molar-refractivity contribution in [3.8, 4) is 0 Å². The van der Waals surface area contributed by atoms with E-state index in [4.69, 9.17) is 10.8 Å². The molecule has 0 fully saturated rings. The molecule has 0 heterocycles. The normalized spacial score (nSPS) is 22.4. The predicted octanol–water partition coefficient (Wildman–Crippen LogP) is 2.23. The summed E-state index contributed by atoms with van der Waals surface area (Å²) in [7, 11) is 2.18. The highest BCUT2D eigenvalue weighted by Crippen LogP contribution is 2.40. The lowest BCUT2D eigenvalue weighted by molar-refractivity contribution is 0.226. The maximum atomic E-state index is 8.78. The van der Waals surface area contributed by atoms with Gasteiger partial charge in [-0.2, -0.15) is 0 Å². The van der Waals surface area contributed by atoms with Crippen LogP contribution in [-0.2, 0) is 0 Å². The van der Waals surface area contributed by atoms with Gasteiger partial charge in [-0.15, -0.1) is 0 Å². The van der Waals surface area contributed by atoms with Crippen molar-refractivity contribution in [2.45, 2.75) is 37.8 Å². The second kappa shape index (κ2) is 6.32. The highest BCUT2D eigenvalue weighted by atomic mass is 16.2. The Hall–Kier alpha value is -0.900. The Kier molecular flexibility index (Phi) is 4.75. The number of unbranched alkanes of at least 4 members (excludes halogenated alkanes) is 2. The number of nitrogens with zero attached hydrogens (tertiary/aromatic N) is 1. The average Bonchev–Trinajstić information content (AvgIpc) is 2.73. The summed E-state index contributed by atoms with van der Waals surface area (Å²) in [6.45, 7) is 1.38. The molecule has 1 aromatic carbocycles. The van der Waals surface area contributed by atoms with Crippen molar-refractivity contribution in [2.75, 3.05) is 20.2 Å². The van der Waals surface area contributed by atoms with Gasteiger partial charge in [-0.25, -0.2) is 0 Å². The second-order valence-electron chi connectivity index (χ2n) is 5.25. The van der Waals surface area contributed by atoms with Crippen LogP contribution in [0.15, 0.2) is 24.3 Å². The number of fused-ring (bicyclic) bond motifs is 1. The molecule has 100 valence electrons. The van der Waals surface area contributed by atoms with Crippen LogP contribution >= 0.6 is 0 Å². The van der Waals surface area contributed by atoms with Gasteiger partial charge in [0.25, 0.3) is 0 Å². The molecule has 0 spiro atoms. The number of aliphatic hydroxyl groups is 1. The summed E-state index contributed by atoms with van der Waals surface area (Å²) in [5.41, 5.74) is 8.90. The molecule has 0 saturated heterocycles. The minimum atomic E-state index is 0.186. The number of nitrogens with two attached hydrogens (primary N) is 1. The summed E-state index contributed by atoms with van der Waals surface area (Å²) in [5, 5.41) is 8.78. The molecular formula is C15H24N2O. The van der Waals surface area contributed by atoms with Crippen molar-refractivity contribution in [3.05, 3.63) is 35.4 Å². The fraction of sp³-hybridized carbons (Fsp3) is 0.600. The molecule has 3 heteroatoms. The van der Waals surface area contributed by atoms with Crippen molar-refractivity contribution in [1.82, 2.24) is 4.90 Å². The van der Waals surface area contributed by atoms with E-state index < -0.39 is 0 Å². The maximum absolute atomic E-state index is 8.78. The third-order valence-electron chi connectivity index (χ3n) is 3.93. The van der Waals surface area contributed by atoms with Gasteiger partial charge < -0.3 is 10.8 Å². The van der Waals surface area contributed by atoms with Crippen molar-refractivity contribution in [3.63, 3.8) is 0 Å². The van der Waals surface area contributed by atoms with Gasteiger partial charge in [-0.1, -0.05) is 24.3 Å². The molecule has 0 amide bonds. The van der Waals surface area contributed by atoms with E-state index in [2.05, 4.69) is 36.2 Å². The molecule has 1 aliphatic rings. The van der Waals surface area contributed by atoms with E-state index in [9.17, 15) is 0 Å². The molecule has 0 aliphatic heterocycles. The molecule has 0 aromatic heterocycles. The van der Waals surface area contributed by atoms with E-state index in [1.807, 2.05) is 0 Å². The van der Waals surface area contributed by atoms with Crippen LogP contribution in [0.25, 0.3) is 0 Å². The van der Waals surface area contributed by atoms with Crippen molar-refractivity contribution < 1.29 is 5.11 Å². The molecule has 1 aromatic rings. The molecule has 1 aliphatic carbocycles. The number of hydrogen-bond acceptors (Lipinski definition) is 3. The summed E-state index contributed by atoms with van der Waals surface area (Å²) in [6.07, 6.45) is 4.18. The van der Waals surface area contributed by atoms with Gasteiger partial charge in [0.2, 0.25) is 0 Å². The predicted molar refractivity (Wildman–Crippen MR) is 74.3 cm³/mol. The SMILES string of the molecule is CN(CCCCCO)C1CC(N)c2ccccc21. The number of aliphatic hydroxyl groups excluding tert-OH is 1. The first-order chi connectivity index (χ1) is 8.74. The van der Waals surface area contributed by atoms with Crippen LogP contribution in [0.1, 0.15) is 48.9 Å². The minimum Gasteiger partial charge on any atom is -0.396 e. The summed E-state index contributed by atoms with van der Waals surface area (Å²) in [5.74, 6) is 0. The molecular weight excluding hydrogens is 224 g/mol. The first kappa shape index (κ1) is 13.5. The number of hydrogen-bond donors (Lipinski definition) is 2. The molecule has 3 N–H and O–H groups in total. The van der Waals surface area contributed by atoms with Crippen LogP contribution in [0.4, 0.5) is 0 Å². The summed E-state index contributed by atoms with van der Waals surface area (Å²) < 4.78 is 0. The first-order valence-electron chi connectivity index (χ1n) is 6.89. The third kappa shape index (κ3) is 2.91. The molecule has 3 nitrogen and oxygen atoms in total. The third-order valence-corrected chi connectivity index (χ3v) is 3.93. The van der Waals surface area contributed by atoms with E-state index in [0.29, 0.717) is 12.6 Å². The zero-order valence-corrected chi connectivity index (χ0v) is 11.2. The Morgan fingerprint density at radius 1 is 1.22 bits per heavy atom. The molecule has 2 rings (SSSR count). The van der Waals surface area contributed by atoms with Crippen LogP contribution in [-0.4, -0.2) is 30.2 Å². The van der Waals surface area contributed by atoms with Crippen LogP contribution in [0.3, 0.4) is 0 Å². The number of rotatable bonds is 6. The van der Waals surface area contributed by atoms with Crippen LogP contribution in [0.2, 0.25) is 0 Å². The van der Waals surface area contributed by atoms with E-state index in [1.54, 1.807) is 0 Å². The van der Waals surface area contributed by atoms with Gasteiger partial charge in [0.05, 0.1) is 0 Å². The van der Waals surface area contributed by atoms with Gasteiger partial charge >= 0.3 is 0 Å². The lowest BCUT2D eigenvalue weighted by Crippen LogP contribution is -2.24. The second-order valence-corrected chi connectivity index (χ2v) is 5.25. The molecule has 18 heavy (non-hydrogen) atoms. The van der Waals surface area contributed by atoms with Gasteiger partial charge in [-0.3, -0.25) is 4.90 Å². The molecule has 2 unspecified atom stereocenters. The largest absolute Gasteiger partial charge is 0.396 e. The van der Waals surface area contributed by atoms with E-state index >= 15 is 0 Å². The highest BCUT2D eigenvalue weighted by Gasteiger charge is 2.30. The Morgan fingerprint density at radius 2 is 1.94 bits per heavy atom. The summed E-state index contributed by atoms with van der Waals surface area (Å²) >= 11 is 0. The minimum absolute atomic E-state index is 0.186. The maximum Gasteiger partial charge on any atom is 0.0431 e. The van der Waals surface area contributed by atoms with Crippen molar-refractivity contribution in [2.24, 2.45) is 5.73 Å². The van der Waals surface area contributed by atoms with Gasteiger partial charge in [0.1, 0.15) is 0 Å². The van der Waals surface area contributed by atoms with Crippen LogP contribution < -0.4 is 5.73 Å². The number of benzene rings is 1. The Labute approximate surface area is 110 Å². The highest BCUT2D eigenvalue weighted by molar-refractivity contribution is 5.37. The Bertz CT molecular complexity index is 381. The summed E-state index contributed by atoms with van der Waals surface area (Å²) in [4.78, 5) is 2.41. The van der Waals surface area contributed by atoms with Gasteiger partial charge in [0.15, 0.2) is 0 Å². The fourth-order valence-corrected chi connectivity index (χ4v) is 2.87. The van der Waals surface area contributed by atoms with Crippen molar-refractivity contribution in [1.29, 1.82) is 0 Å². The average molecular weight is 248 g/mol. The smallest absolute Gasteiger partial charge is 0.0431 e. The van der Waals surface area contributed by atoms with E-state index in [0.717, 1.165) is 32.2 Å². The lowest BCUT2D eigenvalue weighted by Gasteiger charge is -2.25. The zero-order chi connectivity index (χ0) is 13.0. The topological polar surface area (TPSA) is 49.5 Å². The Balaban J connectivity index is 1.94. The Morgan fingerprint density at radius 3 is 2.67 bits per heavy atom. The van der Waals surface area contributed by atoms with E-state index in [1.165, 1.54) is 11.1 Å². The molecule has 0 bridgehead atoms. The summed E-state index contributed by atoms with van der Waals surface area (Å²) in [6, 6.07) is 9.18. The van der Waals surface area contributed by atoms with Gasteiger partial charge in [-0.05, 0) is 50.4 Å². The standard InChI is InChI=1S/C15H24N2O/c1-17(9-5-2-6-10-18)15-11-14(16)12-7-3-4-8-13(12)15/h3-4,7-8,14-15,18H,2,5-6,9-11,16H2,1H3. The van der Waals surface area contributed by atoms with Crippen molar-refractivity contribution >= 4 is 0 Å². The molecule has 2 atom stereocenters. The molecule has 0 radical (unpaired) electrons. The monoisotopic (exact) mass is 248 g/mol. The van der Waals surface area contributed by atoms with E-state index in [-0.39, 0.29) is 6.04 Å².